The molecule has 0 N–H and O–H groups in total. The molecule has 3 nitrogen and oxygen atoms in total. The summed E-state index contributed by atoms with van der Waals surface area (Å²) in [6.07, 6.45) is 14.8. The molecule has 0 amide bonds. The molecule has 0 atom stereocenters. The van der Waals surface area contributed by atoms with Gasteiger partial charge in [0.2, 0.25) is 0 Å². The Balaban J connectivity index is 0. The Kier molecular flexibility index (Phi) is 23.4. The predicted molar refractivity (Wildman–Crippen MR) is 135 cm³/mol. The van der Waals surface area contributed by atoms with Gasteiger partial charge < -0.3 is 4.74 Å². The van der Waals surface area contributed by atoms with Crippen molar-refractivity contribution in [3.63, 3.8) is 0 Å². The van der Waals surface area contributed by atoms with Gasteiger partial charge in [0, 0.05) is 11.1 Å². The number of nitriles is 1. The molecule has 0 unspecified atom stereocenters. The summed E-state index contributed by atoms with van der Waals surface area (Å²) in [5, 5.41) is 7.79. The minimum Gasteiger partial charge on any atom is -0.462 e. The van der Waals surface area contributed by atoms with Gasteiger partial charge in [-0.15, -0.1) is 0 Å². The van der Waals surface area contributed by atoms with Crippen LogP contribution >= 0.6 is 0 Å². The number of hydrogen-bond acceptors (Lipinski definition) is 3. The second kappa shape index (κ2) is 23.7. The fourth-order valence-electron chi connectivity index (χ4n) is 2.47. The average Bonchev–Trinajstić information content (AvgIpc) is 2.78. The van der Waals surface area contributed by atoms with Crippen LogP contribution in [0.5, 0.6) is 0 Å². The second-order valence-electron chi connectivity index (χ2n) is 7.61. The van der Waals surface area contributed by atoms with Crippen molar-refractivity contribution in [3.05, 3.63) is 66.8 Å². The molecule has 1 aromatic carbocycles. The fraction of sp³-hybridized carbons (Fsp3) is 0.500. The SMILES string of the molecule is C=C(C)C#N.C=C(C)C(=O)OCCCCCCCCCCCC.C=Cc1ccccc1. The summed E-state index contributed by atoms with van der Waals surface area (Å²) in [5.41, 5.74) is 2.22. The summed E-state index contributed by atoms with van der Waals surface area (Å²) in [6, 6.07) is 11.9. The summed E-state index contributed by atoms with van der Waals surface area (Å²) in [4.78, 5) is 11.1. The zero-order valence-corrected chi connectivity index (χ0v) is 20.1. The molecule has 172 valence electrons. The average molecular weight is 426 g/mol. The van der Waals surface area contributed by atoms with Gasteiger partial charge in [0.25, 0.3) is 0 Å². The molecule has 31 heavy (non-hydrogen) atoms. The maximum absolute atomic E-state index is 11.1. The number of ether oxygens (including phenoxy) is 1. The van der Waals surface area contributed by atoms with Crippen LogP contribution in [-0.2, 0) is 9.53 Å². The topological polar surface area (TPSA) is 50.1 Å². The highest BCUT2D eigenvalue weighted by Gasteiger charge is 2.01. The molecule has 0 aromatic heterocycles. The van der Waals surface area contributed by atoms with Crippen molar-refractivity contribution in [2.45, 2.75) is 85.0 Å². The van der Waals surface area contributed by atoms with Crippen LogP contribution in [0.15, 0.2) is 61.2 Å². The molecule has 0 aliphatic heterocycles. The Morgan fingerprint density at radius 3 is 1.74 bits per heavy atom. The lowest BCUT2D eigenvalue weighted by atomic mass is 10.1. The van der Waals surface area contributed by atoms with E-state index in [0.29, 0.717) is 17.8 Å². The van der Waals surface area contributed by atoms with E-state index in [4.69, 9.17) is 10.00 Å². The molecule has 0 radical (unpaired) electrons. The third kappa shape index (κ3) is 25.4. The largest absolute Gasteiger partial charge is 0.462 e. The van der Waals surface area contributed by atoms with Crippen LogP contribution in [0.25, 0.3) is 6.08 Å². The number of rotatable bonds is 13. The van der Waals surface area contributed by atoms with Crippen LogP contribution in [0.2, 0.25) is 0 Å². The number of carbonyl (C=O) groups is 1. The molecule has 0 heterocycles. The summed E-state index contributed by atoms with van der Waals surface area (Å²) in [6.45, 7) is 16.6. The van der Waals surface area contributed by atoms with Crippen LogP contribution < -0.4 is 0 Å². The Morgan fingerprint density at radius 1 is 0.935 bits per heavy atom. The third-order valence-corrected chi connectivity index (χ3v) is 4.31. The van der Waals surface area contributed by atoms with Crippen molar-refractivity contribution in [2.24, 2.45) is 0 Å². The van der Waals surface area contributed by atoms with Crippen LogP contribution in [-0.4, -0.2) is 12.6 Å². The van der Waals surface area contributed by atoms with E-state index in [9.17, 15) is 4.79 Å². The zero-order valence-electron chi connectivity index (χ0n) is 20.1. The first-order chi connectivity index (χ1) is 14.9. The number of hydrogen-bond donors (Lipinski definition) is 0. The lowest BCUT2D eigenvalue weighted by Gasteiger charge is -2.04. The van der Waals surface area contributed by atoms with Gasteiger partial charge in [0.15, 0.2) is 0 Å². The predicted octanol–water partition coefficient (Wildman–Crippen LogP) is 8.44. The second-order valence-corrected chi connectivity index (χ2v) is 7.61. The first kappa shape index (κ1) is 30.6. The van der Waals surface area contributed by atoms with E-state index in [1.807, 2.05) is 42.5 Å². The van der Waals surface area contributed by atoms with Gasteiger partial charge in [-0.25, -0.2) is 4.79 Å². The molecule has 0 fully saturated rings. The highest BCUT2D eigenvalue weighted by atomic mass is 16.5. The Bertz CT molecular complexity index is 641. The number of unbranched alkanes of at least 4 members (excludes halogenated alkanes) is 9. The molecular formula is C28H43NO2. The zero-order chi connectivity index (χ0) is 23.7. The van der Waals surface area contributed by atoms with Crippen molar-refractivity contribution in [2.75, 3.05) is 6.61 Å². The fourth-order valence-corrected chi connectivity index (χ4v) is 2.47. The van der Waals surface area contributed by atoms with Crippen molar-refractivity contribution >= 4 is 12.0 Å². The monoisotopic (exact) mass is 425 g/mol. The van der Waals surface area contributed by atoms with E-state index < -0.39 is 0 Å². The molecule has 1 rings (SSSR count). The van der Waals surface area contributed by atoms with Crippen molar-refractivity contribution in [3.8, 4) is 6.07 Å². The first-order valence-corrected chi connectivity index (χ1v) is 11.4. The van der Waals surface area contributed by atoms with E-state index in [-0.39, 0.29) is 5.97 Å². The molecule has 0 saturated carbocycles. The van der Waals surface area contributed by atoms with Gasteiger partial charge in [-0.2, -0.15) is 5.26 Å². The lowest BCUT2D eigenvalue weighted by molar-refractivity contribution is -0.139. The number of allylic oxidation sites excluding steroid dienone is 1. The summed E-state index contributed by atoms with van der Waals surface area (Å²) < 4.78 is 5.04. The molecule has 3 heteroatoms. The standard InChI is InChI=1S/C16H30O2.C8H8.C4H5N/c1-4-5-6-7-8-9-10-11-12-13-14-18-16(17)15(2)3;1-2-8-6-4-3-5-7-8;1-4(2)3-5/h2,4-14H2,1,3H3;2-7H,1H2;1H2,2H3. The lowest BCUT2D eigenvalue weighted by Crippen LogP contribution is -2.05. The minimum atomic E-state index is -0.258. The van der Waals surface area contributed by atoms with Crippen LogP contribution in [0.3, 0.4) is 0 Å². The van der Waals surface area contributed by atoms with Crippen LogP contribution in [0.4, 0.5) is 0 Å². The molecule has 0 saturated heterocycles. The van der Waals surface area contributed by atoms with Gasteiger partial charge in [-0.3, -0.25) is 0 Å². The number of esters is 1. The molecular weight excluding hydrogens is 382 g/mol. The van der Waals surface area contributed by atoms with Crippen molar-refractivity contribution < 1.29 is 9.53 Å². The quantitative estimate of drug-likeness (QED) is 0.138. The van der Waals surface area contributed by atoms with E-state index >= 15 is 0 Å². The number of benzene rings is 1. The smallest absolute Gasteiger partial charge is 0.333 e. The molecule has 1 aromatic rings. The van der Waals surface area contributed by atoms with Gasteiger partial charge in [0.1, 0.15) is 0 Å². The maximum atomic E-state index is 11.1. The van der Waals surface area contributed by atoms with E-state index in [2.05, 4.69) is 26.7 Å². The van der Waals surface area contributed by atoms with E-state index in [1.54, 1.807) is 13.8 Å². The molecule has 0 aliphatic rings. The highest BCUT2D eigenvalue weighted by molar-refractivity contribution is 5.86. The van der Waals surface area contributed by atoms with Gasteiger partial charge in [-0.1, -0.05) is 121 Å². The van der Waals surface area contributed by atoms with Crippen LogP contribution in [0, 0.1) is 11.3 Å². The molecule has 0 bridgehead atoms. The summed E-state index contributed by atoms with van der Waals surface area (Å²) in [5.74, 6) is -0.258. The number of carbonyl (C=O) groups excluding carboxylic acids is 1. The summed E-state index contributed by atoms with van der Waals surface area (Å²) >= 11 is 0. The summed E-state index contributed by atoms with van der Waals surface area (Å²) in [7, 11) is 0. The first-order valence-electron chi connectivity index (χ1n) is 11.4. The maximum Gasteiger partial charge on any atom is 0.333 e. The normalized spacial score (nSPS) is 9.10. The van der Waals surface area contributed by atoms with Gasteiger partial charge in [0.05, 0.1) is 12.7 Å². The Hall–Kier alpha value is -2.60. The number of nitrogens with zero attached hydrogens (tertiary/aromatic N) is 1. The third-order valence-electron chi connectivity index (χ3n) is 4.31. The van der Waals surface area contributed by atoms with Gasteiger partial charge in [-0.05, 0) is 25.8 Å². The van der Waals surface area contributed by atoms with Crippen LogP contribution in [0.1, 0.15) is 90.5 Å². The Morgan fingerprint density at radius 2 is 1.39 bits per heavy atom. The van der Waals surface area contributed by atoms with Crippen molar-refractivity contribution in [1.29, 1.82) is 5.26 Å². The Labute approximate surface area is 191 Å². The molecule has 0 spiro atoms. The van der Waals surface area contributed by atoms with Crippen molar-refractivity contribution in [1.82, 2.24) is 0 Å². The van der Waals surface area contributed by atoms with Gasteiger partial charge >= 0.3 is 5.97 Å². The van der Waals surface area contributed by atoms with E-state index in [1.165, 1.54) is 63.4 Å². The molecule has 0 aliphatic carbocycles. The van der Waals surface area contributed by atoms with E-state index in [0.717, 1.165) is 6.42 Å². The minimum absolute atomic E-state index is 0.258. The highest BCUT2D eigenvalue weighted by Crippen LogP contribution is 2.10.